The molecule has 22 heavy (non-hydrogen) atoms. The molecule has 1 aliphatic carbocycles. The molecule has 3 heteroatoms. The average Bonchev–Trinajstić information content (AvgIpc) is 3.06. The van der Waals surface area contributed by atoms with Crippen molar-refractivity contribution >= 4 is 5.69 Å². The summed E-state index contributed by atoms with van der Waals surface area (Å²) in [6, 6.07) is 7.39. The van der Waals surface area contributed by atoms with Crippen molar-refractivity contribution in [2.75, 3.05) is 25.1 Å². The summed E-state index contributed by atoms with van der Waals surface area (Å²) >= 11 is 0. The highest BCUT2D eigenvalue weighted by Gasteiger charge is 2.15. The third-order valence-corrected chi connectivity index (χ3v) is 4.52. The molecule has 1 N–H and O–H groups in total. The van der Waals surface area contributed by atoms with Crippen LogP contribution in [0, 0.1) is 0 Å². The van der Waals surface area contributed by atoms with E-state index in [0.29, 0.717) is 6.04 Å². The smallest absolute Gasteiger partial charge is 0.142 e. The number of rotatable bonds is 9. The molecule has 0 atom stereocenters. The Labute approximate surface area is 136 Å². The van der Waals surface area contributed by atoms with Crippen LogP contribution in [0.25, 0.3) is 0 Å². The minimum Gasteiger partial charge on any atom is -0.495 e. The molecule has 3 nitrogen and oxygen atoms in total. The molecule has 1 saturated carbocycles. The molecule has 0 saturated heterocycles. The second-order valence-corrected chi connectivity index (χ2v) is 6.36. The van der Waals surface area contributed by atoms with Crippen LogP contribution >= 0.6 is 0 Å². The van der Waals surface area contributed by atoms with Crippen LogP contribution in [0.5, 0.6) is 5.75 Å². The van der Waals surface area contributed by atoms with Crippen molar-refractivity contribution < 1.29 is 4.74 Å². The van der Waals surface area contributed by atoms with E-state index in [4.69, 9.17) is 4.74 Å². The third-order valence-electron chi connectivity index (χ3n) is 4.52. The van der Waals surface area contributed by atoms with E-state index >= 15 is 0 Å². The lowest BCUT2D eigenvalue weighted by Crippen LogP contribution is -2.26. The van der Waals surface area contributed by atoms with Gasteiger partial charge < -0.3 is 15.0 Å². The summed E-state index contributed by atoms with van der Waals surface area (Å²) in [5, 5.41) is 3.68. The second kappa shape index (κ2) is 9.04. The van der Waals surface area contributed by atoms with E-state index in [9.17, 15) is 0 Å². The van der Waals surface area contributed by atoms with Crippen LogP contribution in [0.3, 0.4) is 0 Å². The molecule has 0 bridgehead atoms. The van der Waals surface area contributed by atoms with Gasteiger partial charge in [-0.2, -0.15) is 0 Å². The first kappa shape index (κ1) is 17.1. The van der Waals surface area contributed by atoms with Crippen LogP contribution in [-0.4, -0.2) is 26.2 Å². The van der Waals surface area contributed by atoms with Crippen LogP contribution in [0.2, 0.25) is 0 Å². The Kier molecular flexibility index (Phi) is 7.04. The molecule has 0 radical (unpaired) electrons. The predicted octanol–water partition coefficient (Wildman–Crippen LogP) is 4.35. The number of hydrogen-bond acceptors (Lipinski definition) is 3. The summed E-state index contributed by atoms with van der Waals surface area (Å²) in [4.78, 5) is 2.44. The molecular weight excluding hydrogens is 272 g/mol. The van der Waals surface area contributed by atoms with Crippen LogP contribution in [0.15, 0.2) is 18.2 Å². The third kappa shape index (κ3) is 4.64. The Balaban J connectivity index is 2.04. The fraction of sp³-hybridized carbons (Fsp3) is 0.684. The molecule has 0 amide bonds. The molecular formula is C19H32N2O. The van der Waals surface area contributed by atoms with Gasteiger partial charge >= 0.3 is 0 Å². The minimum atomic E-state index is 0.711. The van der Waals surface area contributed by atoms with Crippen LogP contribution in [0.4, 0.5) is 5.69 Å². The maximum absolute atomic E-state index is 5.66. The Hall–Kier alpha value is -1.22. The topological polar surface area (TPSA) is 24.5 Å². The minimum absolute atomic E-state index is 0.711. The van der Waals surface area contributed by atoms with E-state index < -0.39 is 0 Å². The summed E-state index contributed by atoms with van der Waals surface area (Å²) in [5.41, 5.74) is 2.55. The maximum atomic E-state index is 5.66. The molecule has 0 aromatic heterocycles. The Morgan fingerprint density at radius 1 is 1.14 bits per heavy atom. The SMILES string of the molecule is CCCN(CCC)c1ccc(CNC2CCCC2)cc1OC. The normalized spacial score (nSPS) is 15.2. The van der Waals surface area contributed by atoms with Gasteiger partial charge in [0.2, 0.25) is 0 Å². The largest absolute Gasteiger partial charge is 0.495 e. The van der Waals surface area contributed by atoms with Gasteiger partial charge in [-0.05, 0) is 43.4 Å². The van der Waals surface area contributed by atoms with Gasteiger partial charge in [-0.1, -0.05) is 32.8 Å². The van der Waals surface area contributed by atoms with Gasteiger partial charge in [-0.25, -0.2) is 0 Å². The Morgan fingerprint density at radius 2 is 1.82 bits per heavy atom. The first-order valence-electron chi connectivity index (χ1n) is 8.93. The summed E-state index contributed by atoms with van der Waals surface area (Å²) in [6.07, 6.45) is 7.74. The number of nitrogens with zero attached hydrogens (tertiary/aromatic N) is 1. The quantitative estimate of drug-likeness (QED) is 0.734. The molecule has 124 valence electrons. The number of ether oxygens (including phenoxy) is 1. The molecule has 1 fully saturated rings. The highest BCUT2D eigenvalue weighted by molar-refractivity contribution is 5.59. The van der Waals surface area contributed by atoms with E-state index in [-0.39, 0.29) is 0 Å². The van der Waals surface area contributed by atoms with Gasteiger partial charge in [0.05, 0.1) is 12.8 Å². The Bertz CT molecular complexity index is 435. The zero-order chi connectivity index (χ0) is 15.8. The first-order chi connectivity index (χ1) is 10.8. The Morgan fingerprint density at radius 3 is 2.41 bits per heavy atom. The van der Waals surface area contributed by atoms with Crippen molar-refractivity contribution in [3.8, 4) is 5.75 Å². The van der Waals surface area contributed by atoms with Crippen molar-refractivity contribution in [2.24, 2.45) is 0 Å². The number of anilines is 1. The first-order valence-corrected chi connectivity index (χ1v) is 8.93. The molecule has 1 aliphatic rings. The zero-order valence-electron chi connectivity index (χ0n) is 14.5. The lowest BCUT2D eigenvalue weighted by atomic mass is 10.1. The second-order valence-electron chi connectivity index (χ2n) is 6.36. The molecule has 0 heterocycles. The summed E-state index contributed by atoms with van der Waals surface area (Å²) < 4.78 is 5.66. The maximum Gasteiger partial charge on any atom is 0.142 e. The van der Waals surface area contributed by atoms with Crippen molar-refractivity contribution in [1.29, 1.82) is 0 Å². The van der Waals surface area contributed by atoms with Gasteiger partial charge in [-0.15, -0.1) is 0 Å². The van der Waals surface area contributed by atoms with E-state index in [1.807, 2.05) is 0 Å². The van der Waals surface area contributed by atoms with Gasteiger partial charge in [-0.3, -0.25) is 0 Å². The number of methoxy groups -OCH3 is 1. The van der Waals surface area contributed by atoms with E-state index in [2.05, 4.69) is 42.3 Å². The molecule has 0 aliphatic heterocycles. The lowest BCUT2D eigenvalue weighted by Gasteiger charge is -2.26. The van der Waals surface area contributed by atoms with Crippen molar-refractivity contribution in [1.82, 2.24) is 5.32 Å². The molecule has 0 unspecified atom stereocenters. The van der Waals surface area contributed by atoms with Crippen molar-refractivity contribution in [2.45, 2.75) is 65.0 Å². The van der Waals surface area contributed by atoms with Crippen molar-refractivity contribution in [3.05, 3.63) is 23.8 Å². The number of nitrogens with one attached hydrogen (secondary N) is 1. The fourth-order valence-corrected chi connectivity index (χ4v) is 3.38. The van der Waals surface area contributed by atoms with E-state index in [0.717, 1.165) is 38.2 Å². The number of hydrogen-bond donors (Lipinski definition) is 1. The summed E-state index contributed by atoms with van der Waals surface area (Å²) in [7, 11) is 1.78. The predicted molar refractivity (Wildman–Crippen MR) is 94.9 cm³/mol. The number of benzene rings is 1. The highest BCUT2D eigenvalue weighted by Crippen LogP contribution is 2.30. The molecule has 1 aromatic carbocycles. The molecule has 2 rings (SSSR count). The standard InChI is InChI=1S/C19H32N2O/c1-4-12-21(13-5-2)18-11-10-16(14-19(18)22-3)15-20-17-8-6-7-9-17/h10-11,14,17,20H,4-9,12-13,15H2,1-3H3. The highest BCUT2D eigenvalue weighted by atomic mass is 16.5. The van der Waals surface area contributed by atoms with E-state index in [1.54, 1.807) is 7.11 Å². The van der Waals surface area contributed by atoms with Gasteiger partial charge in [0.15, 0.2) is 0 Å². The van der Waals surface area contributed by atoms with Crippen LogP contribution < -0.4 is 15.0 Å². The van der Waals surface area contributed by atoms with Crippen LogP contribution in [0.1, 0.15) is 57.9 Å². The van der Waals surface area contributed by atoms with Crippen molar-refractivity contribution in [3.63, 3.8) is 0 Å². The average molecular weight is 304 g/mol. The zero-order valence-corrected chi connectivity index (χ0v) is 14.5. The van der Waals surface area contributed by atoms with E-state index in [1.165, 1.54) is 36.9 Å². The molecule has 1 aromatic rings. The summed E-state index contributed by atoms with van der Waals surface area (Å²) in [6.45, 7) is 7.58. The van der Waals surface area contributed by atoms with Gasteiger partial charge in [0.25, 0.3) is 0 Å². The molecule has 0 spiro atoms. The van der Waals surface area contributed by atoms with Gasteiger partial charge in [0.1, 0.15) is 5.75 Å². The monoisotopic (exact) mass is 304 g/mol. The summed E-state index contributed by atoms with van der Waals surface area (Å²) in [5.74, 6) is 1.01. The fourth-order valence-electron chi connectivity index (χ4n) is 3.38. The van der Waals surface area contributed by atoms with Gasteiger partial charge in [0, 0.05) is 25.7 Å². The lowest BCUT2D eigenvalue weighted by molar-refractivity contribution is 0.413. The van der Waals surface area contributed by atoms with Crippen LogP contribution in [-0.2, 0) is 6.54 Å².